The predicted molar refractivity (Wildman–Crippen MR) is 48.2 cm³/mol. The maximum atomic E-state index is 11.5. The molecule has 0 N–H and O–H groups in total. The number of likely N-dealkylation sites (tertiary alicyclic amines) is 1. The minimum absolute atomic E-state index is 0.208. The number of hydrogen-bond acceptors (Lipinski definition) is 2. The molecule has 1 amide bonds. The zero-order valence-corrected chi connectivity index (χ0v) is 7.69. The fourth-order valence-electron chi connectivity index (χ4n) is 1.58. The molecule has 2 rings (SSSR count). The third kappa shape index (κ3) is 1.74. The number of carbonyl (C=O) groups is 1. The number of furan rings is 1. The maximum Gasteiger partial charge on any atom is 0.227 e. The summed E-state index contributed by atoms with van der Waals surface area (Å²) >= 11 is 0. The molecule has 2 heterocycles. The Balaban J connectivity index is 1.86. The first-order chi connectivity index (χ1) is 6.25. The van der Waals surface area contributed by atoms with Crippen molar-refractivity contribution < 1.29 is 9.21 Å². The smallest absolute Gasteiger partial charge is 0.227 e. The zero-order chi connectivity index (χ0) is 9.26. The quantitative estimate of drug-likeness (QED) is 0.685. The van der Waals surface area contributed by atoms with E-state index in [4.69, 9.17) is 4.42 Å². The van der Waals surface area contributed by atoms with Gasteiger partial charge in [-0.3, -0.25) is 4.79 Å². The lowest BCUT2D eigenvalue weighted by atomic mass is 10.0. The first-order valence-corrected chi connectivity index (χ1v) is 4.54. The van der Waals surface area contributed by atoms with Crippen molar-refractivity contribution in [3.63, 3.8) is 0 Å². The van der Waals surface area contributed by atoms with Crippen LogP contribution in [0, 0.1) is 5.92 Å². The molecule has 0 bridgehead atoms. The number of amides is 1. The van der Waals surface area contributed by atoms with Crippen LogP contribution in [0.1, 0.15) is 12.5 Å². The van der Waals surface area contributed by atoms with Crippen LogP contribution in [-0.4, -0.2) is 23.9 Å². The molecular weight excluding hydrogens is 166 g/mol. The molecule has 1 aliphatic rings. The van der Waals surface area contributed by atoms with Crippen LogP contribution in [0.5, 0.6) is 0 Å². The first-order valence-electron chi connectivity index (χ1n) is 4.54. The van der Waals surface area contributed by atoms with E-state index in [9.17, 15) is 4.79 Å². The lowest BCUT2D eigenvalue weighted by Crippen LogP contribution is -2.49. The van der Waals surface area contributed by atoms with Crippen molar-refractivity contribution in [1.29, 1.82) is 0 Å². The second-order valence-electron chi connectivity index (χ2n) is 3.71. The highest BCUT2D eigenvalue weighted by Crippen LogP contribution is 2.15. The molecule has 0 aliphatic carbocycles. The first kappa shape index (κ1) is 8.35. The SMILES string of the molecule is CC1CN(C(=O)Cc2ccoc2)C1. The summed E-state index contributed by atoms with van der Waals surface area (Å²) < 4.78 is 4.90. The number of hydrogen-bond donors (Lipinski definition) is 0. The Morgan fingerprint density at radius 1 is 1.69 bits per heavy atom. The standard InChI is InChI=1S/C10H13NO2/c1-8-5-11(6-8)10(12)4-9-2-3-13-7-9/h2-3,7-8H,4-6H2,1H3. The van der Waals surface area contributed by atoms with Gasteiger partial charge >= 0.3 is 0 Å². The van der Waals surface area contributed by atoms with Crippen LogP contribution in [0.4, 0.5) is 0 Å². The highest BCUT2D eigenvalue weighted by molar-refractivity contribution is 5.79. The van der Waals surface area contributed by atoms with E-state index < -0.39 is 0 Å². The molecule has 1 aliphatic heterocycles. The highest BCUT2D eigenvalue weighted by Gasteiger charge is 2.26. The Morgan fingerprint density at radius 3 is 3.00 bits per heavy atom. The molecular formula is C10H13NO2. The molecule has 0 unspecified atom stereocenters. The van der Waals surface area contributed by atoms with Crippen molar-refractivity contribution >= 4 is 5.91 Å². The third-order valence-electron chi connectivity index (χ3n) is 2.35. The molecule has 0 radical (unpaired) electrons. The summed E-state index contributed by atoms with van der Waals surface area (Å²) in [5.74, 6) is 0.882. The van der Waals surface area contributed by atoms with E-state index >= 15 is 0 Å². The van der Waals surface area contributed by atoms with Gasteiger partial charge in [-0.2, -0.15) is 0 Å². The number of rotatable bonds is 2. The minimum atomic E-state index is 0.208. The Kier molecular flexibility index (Phi) is 2.08. The van der Waals surface area contributed by atoms with E-state index in [0.717, 1.165) is 18.7 Å². The van der Waals surface area contributed by atoms with E-state index in [0.29, 0.717) is 12.3 Å². The van der Waals surface area contributed by atoms with Gasteiger partial charge in [0.25, 0.3) is 0 Å². The zero-order valence-electron chi connectivity index (χ0n) is 7.69. The number of carbonyl (C=O) groups excluding carboxylic acids is 1. The lowest BCUT2D eigenvalue weighted by Gasteiger charge is -2.37. The Labute approximate surface area is 77.3 Å². The number of nitrogens with zero attached hydrogens (tertiary/aromatic N) is 1. The molecule has 3 heteroatoms. The Morgan fingerprint density at radius 2 is 2.46 bits per heavy atom. The molecule has 1 aromatic heterocycles. The topological polar surface area (TPSA) is 33.5 Å². The largest absolute Gasteiger partial charge is 0.472 e. The van der Waals surface area contributed by atoms with Crippen molar-refractivity contribution in [3.05, 3.63) is 24.2 Å². The molecule has 70 valence electrons. The maximum absolute atomic E-state index is 11.5. The molecule has 1 saturated heterocycles. The van der Waals surface area contributed by atoms with Crippen LogP contribution in [0.2, 0.25) is 0 Å². The molecule has 13 heavy (non-hydrogen) atoms. The van der Waals surface area contributed by atoms with Gasteiger partial charge < -0.3 is 9.32 Å². The summed E-state index contributed by atoms with van der Waals surface area (Å²) in [4.78, 5) is 13.4. The van der Waals surface area contributed by atoms with E-state index in [2.05, 4.69) is 6.92 Å². The Bertz CT molecular complexity index is 286. The summed E-state index contributed by atoms with van der Waals surface area (Å²) in [7, 11) is 0. The van der Waals surface area contributed by atoms with E-state index in [1.807, 2.05) is 11.0 Å². The molecule has 1 fully saturated rings. The summed E-state index contributed by atoms with van der Waals surface area (Å²) in [5, 5.41) is 0. The fraction of sp³-hybridized carbons (Fsp3) is 0.500. The van der Waals surface area contributed by atoms with Gasteiger partial charge in [0.15, 0.2) is 0 Å². The van der Waals surface area contributed by atoms with Crippen LogP contribution < -0.4 is 0 Å². The van der Waals surface area contributed by atoms with E-state index in [1.165, 1.54) is 0 Å². The second-order valence-corrected chi connectivity index (χ2v) is 3.71. The van der Waals surface area contributed by atoms with Crippen LogP contribution in [0.15, 0.2) is 23.0 Å². The van der Waals surface area contributed by atoms with Gasteiger partial charge in [0, 0.05) is 13.1 Å². The summed E-state index contributed by atoms with van der Waals surface area (Å²) in [6.45, 7) is 3.98. The van der Waals surface area contributed by atoms with Gasteiger partial charge in [-0.05, 0) is 17.5 Å². The van der Waals surface area contributed by atoms with Crippen molar-refractivity contribution in [2.45, 2.75) is 13.3 Å². The molecule has 3 nitrogen and oxygen atoms in total. The molecule has 0 spiro atoms. The van der Waals surface area contributed by atoms with Gasteiger partial charge in [0.05, 0.1) is 18.9 Å². The monoisotopic (exact) mass is 179 g/mol. The van der Waals surface area contributed by atoms with Crippen LogP contribution in [0.3, 0.4) is 0 Å². The summed E-state index contributed by atoms with van der Waals surface area (Å²) in [6.07, 6.45) is 3.70. The summed E-state index contributed by atoms with van der Waals surface area (Å²) in [5.41, 5.74) is 0.963. The van der Waals surface area contributed by atoms with Crippen LogP contribution in [0.25, 0.3) is 0 Å². The van der Waals surface area contributed by atoms with Gasteiger partial charge in [0.1, 0.15) is 0 Å². The molecule has 1 aromatic rings. The Hall–Kier alpha value is -1.25. The average molecular weight is 179 g/mol. The summed E-state index contributed by atoms with van der Waals surface area (Å²) in [6, 6.07) is 1.83. The third-order valence-corrected chi connectivity index (χ3v) is 2.35. The normalized spacial score (nSPS) is 17.2. The predicted octanol–water partition coefficient (Wildman–Crippen LogP) is 1.30. The van der Waals surface area contributed by atoms with E-state index in [-0.39, 0.29) is 5.91 Å². The van der Waals surface area contributed by atoms with Gasteiger partial charge in [0.2, 0.25) is 5.91 Å². The van der Waals surface area contributed by atoms with Gasteiger partial charge in [-0.15, -0.1) is 0 Å². The lowest BCUT2D eigenvalue weighted by molar-refractivity contribution is -0.136. The second kappa shape index (κ2) is 3.24. The van der Waals surface area contributed by atoms with E-state index in [1.54, 1.807) is 12.5 Å². The molecule has 0 aromatic carbocycles. The highest BCUT2D eigenvalue weighted by atomic mass is 16.3. The van der Waals surface area contributed by atoms with Gasteiger partial charge in [-0.1, -0.05) is 6.92 Å². The molecule has 0 saturated carbocycles. The van der Waals surface area contributed by atoms with Crippen molar-refractivity contribution in [2.75, 3.05) is 13.1 Å². The molecule has 0 atom stereocenters. The van der Waals surface area contributed by atoms with Crippen LogP contribution >= 0.6 is 0 Å². The fourth-order valence-corrected chi connectivity index (χ4v) is 1.58. The average Bonchev–Trinajstić information content (AvgIpc) is 2.51. The van der Waals surface area contributed by atoms with Crippen LogP contribution in [-0.2, 0) is 11.2 Å². The van der Waals surface area contributed by atoms with Gasteiger partial charge in [-0.25, -0.2) is 0 Å². The van der Waals surface area contributed by atoms with Crippen molar-refractivity contribution in [3.8, 4) is 0 Å². The van der Waals surface area contributed by atoms with Crippen molar-refractivity contribution in [1.82, 2.24) is 4.90 Å². The van der Waals surface area contributed by atoms with Crippen molar-refractivity contribution in [2.24, 2.45) is 5.92 Å². The minimum Gasteiger partial charge on any atom is -0.472 e.